The Bertz CT molecular complexity index is 539. The Balaban J connectivity index is 0.000000791. The molecule has 22 heavy (non-hydrogen) atoms. The van der Waals surface area contributed by atoms with E-state index in [9.17, 15) is 5.11 Å². The van der Waals surface area contributed by atoms with E-state index in [1.807, 2.05) is 60.7 Å². The molecule has 0 aromatic heterocycles. The molecule has 0 saturated heterocycles. The van der Waals surface area contributed by atoms with Crippen LogP contribution in [0.2, 0.25) is 0 Å². The van der Waals surface area contributed by atoms with E-state index in [1.165, 1.54) is 0 Å². The Morgan fingerprint density at radius 3 is 1.45 bits per heavy atom. The fourth-order valence-corrected chi connectivity index (χ4v) is 1.89. The van der Waals surface area contributed by atoms with Crippen LogP contribution in [0, 0.1) is 0 Å². The van der Waals surface area contributed by atoms with Crippen LogP contribution >= 0.6 is 24.4 Å². The van der Waals surface area contributed by atoms with Crippen molar-refractivity contribution in [3.8, 4) is 0 Å². The fourth-order valence-electron chi connectivity index (χ4n) is 1.77. The summed E-state index contributed by atoms with van der Waals surface area (Å²) in [7, 11) is 0. The van der Waals surface area contributed by atoms with Crippen molar-refractivity contribution in [1.29, 1.82) is 0 Å². The molecule has 0 aliphatic heterocycles. The van der Waals surface area contributed by atoms with E-state index >= 15 is 0 Å². The molecule has 0 unspecified atom stereocenters. The molecule has 0 amide bonds. The van der Waals surface area contributed by atoms with Crippen LogP contribution in [-0.4, -0.2) is 71.9 Å². The summed E-state index contributed by atoms with van der Waals surface area (Å²) in [5.41, 5.74) is 6.53. The van der Waals surface area contributed by atoms with Crippen LogP contribution in [0.5, 0.6) is 0 Å². The van der Waals surface area contributed by atoms with Crippen molar-refractivity contribution in [2.75, 3.05) is 0 Å². The van der Waals surface area contributed by atoms with E-state index < -0.39 is 5.17 Å². The summed E-state index contributed by atoms with van der Waals surface area (Å²) < 4.78 is 0. The molecule has 4 nitrogen and oxygen atoms in total. The average Bonchev–Trinajstić information content (AvgIpc) is 2.46. The van der Waals surface area contributed by atoms with Gasteiger partial charge in [-0.25, -0.2) is 0 Å². The summed E-state index contributed by atoms with van der Waals surface area (Å²) in [4.78, 5) is 0. The molecule has 2 rings (SSSR count). The molecule has 5 N–H and O–H groups in total. The molecule has 0 atom stereocenters. The van der Waals surface area contributed by atoms with Gasteiger partial charge >= 0.3 is 51.4 Å². The average molecular weight is 361 g/mol. The minimum absolute atomic E-state index is 0. The summed E-state index contributed by atoms with van der Waals surface area (Å²) >= 11 is 8.59. The number of hydrogen-bond acceptors (Lipinski definition) is 2. The van der Waals surface area contributed by atoms with Gasteiger partial charge in [-0.15, -0.1) is 0 Å². The SMILES string of the molecule is NC(O)=S.OC(=S)NC(c1ccccc1)c1ccccc1.[KH]. The number of rotatable bonds is 3. The van der Waals surface area contributed by atoms with Gasteiger partial charge in [0.1, 0.15) is 0 Å². The molecule has 0 bridgehead atoms. The Hall–Kier alpha value is -0.544. The molecule has 0 fully saturated rings. The minimum atomic E-state index is -0.500. The quantitative estimate of drug-likeness (QED) is 0.497. The monoisotopic (exact) mass is 360 g/mol. The van der Waals surface area contributed by atoms with Crippen molar-refractivity contribution in [2.24, 2.45) is 5.73 Å². The van der Waals surface area contributed by atoms with E-state index in [0.717, 1.165) is 11.1 Å². The van der Waals surface area contributed by atoms with Gasteiger partial charge in [0.05, 0.1) is 6.04 Å². The van der Waals surface area contributed by atoms with Gasteiger partial charge < -0.3 is 21.3 Å². The Labute approximate surface area is 183 Å². The summed E-state index contributed by atoms with van der Waals surface area (Å²) in [5, 5.41) is 19.0. The molecule has 0 spiro atoms. The Morgan fingerprint density at radius 2 is 1.18 bits per heavy atom. The van der Waals surface area contributed by atoms with Gasteiger partial charge in [0.15, 0.2) is 0 Å². The number of thiocarbonyl (C=S) groups is 2. The molecule has 0 aliphatic carbocycles. The summed E-state index contributed by atoms with van der Waals surface area (Å²) in [6, 6.07) is 19.7. The number of aliphatic hydroxyl groups excluding tert-OH is 2. The second-order valence-electron chi connectivity index (χ2n) is 4.04. The van der Waals surface area contributed by atoms with Crippen LogP contribution in [0.25, 0.3) is 0 Å². The summed E-state index contributed by atoms with van der Waals surface area (Å²) in [6.45, 7) is 0. The number of benzene rings is 2. The number of nitrogens with two attached hydrogens (primary N) is 1. The third-order valence-corrected chi connectivity index (χ3v) is 2.65. The second kappa shape index (κ2) is 11.9. The maximum absolute atomic E-state index is 9.27. The van der Waals surface area contributed by atoms with Crippen LogP contribution in [0.15, 0.2) is 60.7 Å². The molecule has 0 heterocycles. The van der Waals surface area contributed by atoms with E-state index in [4.69, 9.17) is 17.3 Å². The topological polar surface area (TPSA) is 78.5 Å². The van der Waals surface area contributed by atoms with E-state index in [0.29, 0.717) is 0 Å². The molecule has 2 aromatic carbocycles. The Morgan fingerprint density at radius 1 is 0.864 bits per heavy atom. The van der Waals surface area contributed by atoms with Crippen LogP contribution < -0.4 is 11.1 Å². The van der Waals surface area contributed by atoms with Gasteiger partial charge in [-0.3, -0.25) is 0 Å². The molecule has 0 radical (unpaired) electrons. The number of aliphatic hydroxyl groups is 2. The third kappa shape index (κ3) is 8.79. The van der Waals surface area contributed by atoms with Gasteiger partial charge in [0.25, 0.3) is 10.3 Å². The van der Waals surface area contributed by atoms with Crippen molar-refractivity contribution in [1.82, 2.24) is 5.32 Å². The van der Waals surface area contributed by atoms with Crippen molar-refractivity contribution in [2.45, 2.75) is 6.04 Å². The molecule has 0 saturated carbocycles. The zero-order chi connectivity index (χ0) is 15.7. The first-order chi connectivity index (χ1) is 10.0. The molecule has 2 aromatic rings. The molecule has 0 aliphatic rings. The summed E-state index contributed by atoms with van der Waals surface area (Å²) in [5.74, 6) is 0. The summed E-state index contributed by atoms with van der Waals surface area (Å²) in [6.07, 6.45) is 0. The van der Waals surface area contributed by atoms with E-state index in [-0.39, 0.29) is 62.6 Å². The molecule has 7 heteroatoms. The van der Waals surface area contributed by atoms with Crippen LogP contribution in [-0.2, 0) is 0 Å². The predicted molar refractivity (Wildman–Crippen MR) is 99.7 cm³/mol. The van der Waals surface area contributed by atoms with Gasteiger partial charge in [0, 0.05) is 0 Å². The van der Waals surface area contributed by atoms with Crippen molar-refractivity contribution in [3.63, 3.8) is 0 Å². The zero-order valence-corrected chi connectivity index (χ0v) is 12.8. The van der Waals surface area contributed by atoms with Crippen molar-refractivity contribution < 1.29 is 10.2 Å². The van der Waals surface area contributed by atoms with Crippen LogP contribution in [0.1, 0.15) is 17.2 Å². The van der Waals surface area contributed by atoms with E-state index in [1.54, 1.807) is 0 Å². The van der Waals surface area contributed by atoms with Crippen LogP contribution in [0.4, 0.5) is 0 Å². The fraction of sp³-hybridized carbons (Fsp3) is 0.0667. The van der Waals surface area contributed by atoms with Crippen molar-refractivity contribution >= 4 is 86.2 Å². The van der Waals surface area contributed by atoms with Crippen molar-refractivity contribution in [3.05, 3.63) is 71.8 Å². The zero-order valence-electron chi connectivity index (χ0n) is 11.1. The van der Waals surface area contributed by atoms with Gasteiger partial charge in [-0.1, -0.05) is 60.7 Å². The standard InChI is InChI=1S/C14H13NOS.CH3NOS.K.H/c16-14(17)15-13(11-7-3-1-4-8-11)12-9-5-2-6-10-12;2-1(3)4;;/h1-10,13H,(H2,15,16,17);(H3,2,3,4);;. The third-order valence-electron chi connectivity index (χ3n) is 2.53. The first kappa shape index (κ1) is 21.5. The first-order valence-corrected chi connectivity index (χ1v) is 6.90. The number of nitrogens with one attached hydrogen (secondary N) is 1. The van der Waals surface area contributed by atoms with E-state index in [2.05, 4.69) is 23.3 Å². The normalized spacial score (nSPS) is 8.95. The van der Waals surface area contributed by atoms with Gasteiger partial charge in [-0.2, -0.15) is 0 Å². The molecular formula is C15H17KN2O2S2. The Kier molecular flexibility index (Phi) is 11.7. The van der Waals surface area contributed by atoms with Gasteiger partial charge in [-0.05, 0) is 35.6 Å². The predicted octanol–water partition coefficient (Wildman–Crippen LogP) is 2.35. The maximum atomic E-state index is 9.27. The van der Waals surface area contributed by atoms with Crippen LogP contribution in [0.3, 0.4) is 0 Å². The first-order valence-electron chi connectivity index (χ1n) is 6.08. The molecular weight excluding hydrogens is 343 g/mol. The molecule has 112 valence electrons. The van der Waals surface area contributed by atoms with Gasteiger partial charge in [0.2, 0.25) is 0 Å². The number of hydrogen-bond donors (Lipinski definition) is 4. The second-order valence-corrected chi connectivity index (χ2v) is 4.85.